The van der Waals surface area contributed by atoms with Gasteiger partial charge in [0.15, 0.2) is 17.1 Å². The topological polar surface area (TPSA) is 121 Å². The molecular formula is C19H18N6O5. The lowest BCUT2D eigenvalue weighted by Crippen LogP contribution is -2.37. The van der Waals surface area contributed by atoms with Gasteiger partial charge in [-0.15, -0.1) is 0 Å². The lowest BCUT2D eigenvalue weighted by molar-refractivity contribution is -0.116. The van der Waals surface area contributed by atoms with Gasteiger partial charge in [0.2, 0.25) is 18.6 Å². The first kappa shape index (κ1) is 18.3. The smallest absolute Gasteiger partial charge is 0.264 e. The molecule has 11 nitrogen and oxygen atoms in total. The minimum absolute atomic E-state index is 0.153. The molecule has 4 heterocycles. The summed E-state index contributed by atoms with van der Waals surface area (Å²) in [6.07, 6.45) is 2.77. The summed E-state index contributed by atoms with van der Waals surface area (Å²) in [5.41, 5.74) is 0.461. The van der Waals surface area contributed by atoms with Crippen LogP contribution in [-0.2, 0) is 16.1 Å². The number of carbonyl (C=O) groups is 1. The van der Waals surface area contributed by atoms with E-state index in [0.717, 1.165) is 0 Å². The first-order chi connectivity index (χ1) is 14.7. The van der Waals surface area contributed by atoms with E-state index < -0.39 is 0 Å². The molecule has 0 saturated carbocycles. The number of rotatable bonds is 4. The number of nitrogens with zero attached hydrogens (tertiary/aromatic N) is 5. The van der Waals surface area contributed by atoms with Gasteiger partial charge in [-0.3, -0.25) is 14.2 Å². The van der Waals surface area contributed by atoms with Crippen molar-refractivity contribution in [2.45, 2.75) is 6.54 Å². The number of fused-ring (bicyclic) bond motifs is 2. The Balaban J connectivity index is 1.33. The molecule has 2 aromatic heterocycles. The molecular weight excluding hydrogens is 392 g/mol. The van der Waals surface area contributed by atoms with Crippen LogP contribution in [0.1, 0.15) is 0 Å². The monoisotopic (exact) mass is 410 g/mol. The zero-order valence-corrected chi connectivity index (χ0v) is 15.9. The van der Waals surface area contributed by atoms with Gasteiger partial charge in [-0.1, -0.05) is 0 Å². The second-order valence-electron chi connectivity index (χ2n) is 6.80. The number of anilines is 2. The molecule has 1 saturated heterocycles. The summed E-state index contributed by atoms with van der Waals surface area (Å²) >= 11 is 0. The zero-order valence-electron chi connectivity index (χ0n) is 15.9. The van der Waals surface area contributed by atoms with Crippen molar-refractivity contribution in [2.75, 3.05) is 43.3 Å². The molecule has 154 valence electrons. The molecule has 2 aliphatic heterocycles. The number of aromatic nitrogens is 4. The Morgan fingerprint density at radius 1 is 1.13 bits per heavy atom. The first-order valence-corrected chi connectivity index (χ1v) is 9.42. The Morgan fingerprint density at radius 3 is 2.83 bits per heavy atom. The third-order valence-electron chi connectivity index (χ3n) is 4.83. The van der Waals surface area contributed by atoms with Crippen molar-refractivity contribution in [3.05, 3.63) is 41.1 Å². The second kappa shape index (κ2) is 7.59. The Hall–Kier alpha value is -3.73. The van der Waals surface area contributed by atoms with Crippen molar-refractivity contribution in [3.63, 3.8) is 0 Å². The summed E-state index contributed by atoms with van der Waals surface area (Å²) < 4.78 is 17.1. The number of carbonyl (C=O) groups excluding carboxylic acids is 1. The molecule has 5 rings (SSSR count). The van der Waals surface area contributed by atoms with Crippen LogP contribution in [-0.4, -0.2) is 58.5 Å². The third kappa shape index (κ3) is 3.50. The van der Waals surface area contributed by atoms with Gasteiger partial charge in [0.05, 0.1) is 13.2 Å². The number of nitrogens with one attached hydrogen (secondary N) is 1. The van der Waals surface area contributed by atoms with E-state index in [2.05, 4.69) is 20.3 Å². The SMILES string of the molecule is O=C(Cn1cnc2nc(N3CCOCC3)ncc2c1=O)Nc1ccc2c(c1)OCO2. The van der Waals surface area contributed by atoms with Crippen LogP contribution >= 0.6 is 0 Å². The molecule has 1 N–H and O–H groups in total. The fourth-order valence-electron chi connectivity index (χ4n) is 3.30. The third-order valence-corrected chi connectivity index (χ3v) is 4.83. The van der Waals surface area contributed by atoms with Gasteiger partial charge in [-0.25, -0.2) is 9.97 Å². The average molecular weight is 410 g/mol. The maximum absolute atomic E-state index is 12.8. The van der Waals surface area contributed by atoms with Crippen LogP contribution in [0, 0.1) is 0 Å². The van der Waals surface area contributed by atoms with Gasteiger partial charge in [-0.05, 0) is 12.1 Å². The van der Waals surface area contributed by atoms with Crippen molar-refractivity contribution in [2.24, 2.45) is 0 Å². The highest BCUT2D eigenvalue weighted by atomic mass is 16.7. The molecule has 1 amide bonds. The Labute approximate surface area is 170 Å². The second-order valence-corrected chi connectivity index (χ2v) is 6.80. The Bertz CT molecular complexity index is 1170. The van der Waals surface area contributed by atoms with Crippen LogP contribution < -0.4 is 25.2 Å². The summed E-state index contributed by atoms with van der Waals surface area (Å²) in [7, 11) is 0. The van der Waals surface area contributed by atoms with Gasteiger partial charge in [0.25, 0.3) is 5.56 Å². The van der Waals surface area contributed by atoms with Gasteiger partial charge >= 0.3 is 0 Å². The number of hydrogen-bond donors (Lipinski definition) is 1. The number of morpholine rings is 1. The molecule has 0 radical (unpaired) electrons. The van der Waals surface area contributed by atoms with Crippen LogP contribution in [0.15, 0.2) is 35.5 Å². The summed E-state index contributed by atoms with van der Waals surface area (Å²) in [6, 6.07) is 5.08. The molecule has 11 heteroatoms. The van der Waals surface area contributed by atoms with Crippen molar-refractivity contribution in [3.8, 4) is 11.5 Å². The van der Waals surface area contributed by atoms with Crippen molar-refractivity contribution >= 4 is 28.6 Å². The molecule has 0 unspecified atom stereocenters. The largest absolute Gasteiger partial charge is 0.454 e. The van der Waals surface area contributed by atoms with E-state index in [-0.39, 0.29) is 30.2 Å². The molecule has 0 spiro atoms. The lowest BCUT2D eigenvalue weighted by atomic mass is 10.2. The van der Waals surface area contributed by atoms with Gasteiger partial charge < -0.3 is 24.4 Å². The van der Waals surface area contributed by atoms with Crippen LogP contribution in [0.5, 0.6) is 11.5 Å². The van der Waals surface area contributed by atoms with Gasteiger partial charge in [-0.2, -0.15) is 4.98 Å². The first-order valence-electron chi connectivity index (χ1n) is 9.42. The maximum Gasteiger partial charge on any atom is 0.264 e. The van der Waals surface area contributed by atoms with Crippen LogP contribution in [0.25, 0.3) is 11.0 Å². The lowest BCUT2D eigenvalue weighted by Gasteiger charge is -2.26. The summed E-state index contributed by atoms with van der Waals surface area (Å²) in [5, 5.41) is 2.99. The molecule has 0 atom stereocenters. The molecule has 1 fully saturated rings. The Kier molecular flexibility index (Phi) is 4.64. The fourth-order valence-corrected chi connectivity index (χ4v) is 3.30. The predicted octanol–water partition coefficient (Wildman–Crippen LogP) is 0.390. The molecule has 0 bridgehead atoms. The summed E-state index contributed by atoms with van der Waals surface area (Å²) in [6.45, 7) is 2.54. The van der Waals surface area contributed by atoms with E-state index in [9.17, 15) is 9.59 Å². The summed E-state index contributed by atoms with van der Waals surface area (Å²) in [4.78, 5) is 40.1. The molecule has 3 aromatic rings. The van der Waals surface area contributed by atoms with E-state index in [1.807, 2.05) is 4.90 Å². The molecule has 2 aliphatic rings. The fraction of sp³-hybridized carbons (Fsp3) is 0.316. The standard InChI is InChI=1S/C19H18N6O5/c26-16(22-12-1-2-14-15(7-12)30-11-29-14)9-25-10-21-17-13(18(25)27)8-20-19(23-17)24-3-5-28-6-4-24/h1-2,7-8,10H,3-6,9,11H2,(H,22,26). The normalized spacial score (nSPS) is 15.4. The minimum Gasteiger partial charge on any atom is -0.454 e. The quantitative estimate of drug-likeness (QED) is 0.651. The van der Waals surface area contributed by atoms with E-state index in [1.165, 1.54) is 17.1 Å². The van der Waals surface area contributed by atoms with Gasteiger partial charge in [0.1, 0.15) is 18.3 Å². The number of ether oxygens (including phenoxy) is 3. The number of benzene rings is 1. The van der Waals surface area contributed by atoms with Crippen LogP contribution in [0.4, 0.5) is 11.6 Å². The van der Waals surface area contributed by atoms with Crippen molar-refractivity contribution < 1.29 is 19.0 Å². The molecule has 30 heavy (non-hydrogen) atoms. The number of amides is 1. The van der Waals surface area contributed by atoms with Gasteiger partial charge in [0, 0.05) is 31.0 Å². The Morgan fingerprint density at radius 2 is 1.97 bits per heavy atom. The zero-order chi connectivity index (χ0) is 20.5. The van der Waals surface area contributed by atoms with Crippen molar-refractivity contribution in [1.82, 2.24) is 19.5 Å². The average Bonchev–Trinajstić information content (AvgIpc) is 3.24. The van der Waals surface area contributed by atoms with E-state index in [1.54, 1.807) is 18.2 Å². The van der Waals surface area contributed by atoms with E-state index in [0.29, 0.717) is 55.1 Å². The van der Waals surface area contributed by atoms with Crippen molar-refractivity contribution in [1.29, 1.82) is 0 Å². The minimum atomic E-state index is -0.380. The van der Waals surface area contributed by atoms with Crippen LogP contribution in [0.2, 0.25) is 0 Å². The highest BCUT2D eigenvalue weighted by Crippen LogP contribution is 2.34. The van der Waals surface area contributed by atoms with E-state index in [4.69, 9.17) is 14.2 Å². The predicted molar refractivity (Wildman–Crippen MR) is 106 cm³/mol. The number of hydrogen-bond acceptors (Lipinski definition) is 9. The summed E-state index contributed by atoms with van der Waals surface area (Å²) in [5.74, 6) is 1.32. The van der Waals surface area contributed by atoms with Crippen LogP contribution in [0.3, 0.4) is 0 Å². The maximum atomic E-state index is 12.8. The molecule has 0 aliphatic carbocycles. The highest BCUT2D eigenvalue weighted by molar-refractivity contribution is 5.91. The highest BCUT2D eigenvalue weighted by Gasteiger charge is 2.17. The van der Waals surface area contributed by atoms with E-state index >= 15 is 0 Å². The molecule has 1 aromatic carbocycles.